The van der Waals surface area contributed by atoms with Crippen molar-refractivity contribution in [3.8, 4) is 0 Å². The van der Waals surface area contributed by atoms with Gasteiger partial charge in [-0.1, -0.05) is 42.5 Å². The number of aliphatic imine (C=N–C) groups is 1. The zero-order chi connectivity index (χ0) is 18.1. The quantitative estimate of drug-likeness (QED) is 0.320. The first kappa shape index (κ1) is 14.7. The maximum Gasteiger partial charge on any atom is 0.144 e. The van der Waals surface area contributed by atoms with E-state index in [1.807, 2.05) is 12.1 Å². The molecule has 128 valence electrons. The Morgan fingerprint density at radius 2 is 1.59 bits per heavy atom. The van der Waals surface area contributed by atoms with Crippen LogP contribution >= 0.6 is 0 Å². The zero-order valence-corrected chi connectivity index (χ0v) is 15.2. The highest BCUT2D eigenvalue weighted by molar-refractivity contribution is 6.30. The van der Waals surface area contributed by atoms with Crippen molar-refractivity contribution in [2.75, 3.05) is 0 Å². The number of nitrogens with zero attached hydrogens (tertiary/aromatic N) is 1. The van der Waals surface area contributed by atoms with Crippen LogP contribution < -0.4 is 0 Å². The predicted molar refractivity (Wildman–Crippen MR) is 112 cm³/mol. The Labute approximate surface area is 156 Å². The van der Waals surface area contributed by atoms with Gasteiger partial charge in [-0.15, -0.1) is 0 Å². The Balaban J connectivity index is 1.72. The first-order chi connectivity index (χ1) is 13.2. The maximum absolute atomic E-state index is 6.29. The summed E-state index contributed by atoms with van der Waals surface area (Å²) in [6.45, 7) is 4.29. The molecule has 27 heavy (non-hydrogen) atoms. The summed E-state index contributed by atoms with van der Waals surface area (Å²) >= 11 is 0. The summed E-state index contributed by atoms with van der Waals surface area (Å²) in [5, 5.41) is 4.83. The van der Waals surface area contributed by atoms with Crippen LogP contribution in [0.2, 0.25) is 0 Å². The van der Waals surface area contributed by atoms with Gasteiger partial charge in [0.1, 0.15) is 11.2 Å². The maximum atomic E-state index is 6.29. The minimum absolute atomic E-state index is 0.919. The third-order valence-corrected chi connectivity index (χ3v) is 5.60. The molecule has 2 heteroatoms. The number of rotatable bonds is 1. The number of hydrogen-bond acceptors (Lipinski definition) is 2. The largest absolute Gasteiger partial charge is 0.455 e. The molecule has 0 N–H and O–H groups in total. The van der Waals surface area contributed by atoms with Crippen LogP contribution in [0.1, 0.15) is 22.3 Å². The molecule has 0 saturated heterocycles. The molecular formula is C25H17NO. The molecule has 0 fully saturated rings. The van der Waals surface area contributed by atoms with Gasteiger partial charge in [-0.2, -0.15) is 0 Å². The van der Waals surface area contributed by atoms with Crippen LogP contribution in [0.5, 0.6) is 0 Å². The SMILES string of the molecule is Cc1cc(C2=Nc3cccc4c(C)ccc2c34)c2oc3ccccc3c2c1. The van der Waals surface area contributed by atoms with E-state index in [1.54, 1.807) is 0 Å². The Hall–Kier alpha value is -3.39. The highest BCUT2D eigenvalue weighted by Gasteiger charge is 2.24. The van der Waals surface area contributed by atoms with Gasteiger partial charge in [0.2, 0.25) is 0 Å². The van der Waals surface area contributed by atoms with Crippen LogP contribution in [0.15, 0.2) is 76.1 Å². The summed E-state index contributed by atoms with van der Waals surface area (Å²) in [6.07, 6.45) is 0. The molecule has 0 unspecified atom stereocenters. The van der Waals surface area contributed by atoms with Crippen molar-refractivity contribution in [1.29, 1.82) is 0 Å². The average molecular weight is 347 g/mol. The number of aryl methyl sites for hydroxylation is 2. The monoisotopic (exact) mass is 347 g/mol. The van der Waals surface area contributed by atoms with E-state index in [1.165, 1.54) is 27.5 Å². The molecule has 0 bridgehead atoms. The fourth-order valence-electron chi connectivity index (χ4n) is 4.36. The van der Waals surface area contributed by atoms with Crippen molar-refractivity contribution in [3.63, 3.8) is 0 Å². The summed E-state index contributed by atoms with van der Waals surface area (Å²) in [5.74, 6) is 0. The van der Waals surface area contributed by atoms with Gasteiger partial charge in [0.05, 0.1) is 11.4 Å². The lowest BCUT2D eigenvalue weighted by Crippen LogP contribution is -2.01. The molecule has 0 amide bonds. The Morgan fingerprint density at radius 1 is 0.741 bits per heavy atom. The van der Waals surface area contributed by atoms with Gasteiger partial charge in [-0.3, -0.25) is 0 Å². The molecule has 1 aromatic heterocycles. The normalized spacial score (nSPS) is 13.0. The Kier molecular flexibility index (Phi) is 2.77. The highest BCUT2D eigenvalue weighted by atomic mass is 16.3. The molecule has 5 aromatic rings. The van der Waals surface area contributed by atoms with E-state index in [0.717, 1.165) is 38.9 Å². The van der Waals surface area contributed by atoms with E-state index < -0.39 is 0 Å². The summed E-state index contributed by atoms with van der Waals surface area (Å²) in [6, 6.07) is 23.4. The third kappa shape index (κ3) is 1.93. The highest BCUT2D eigenvalue weighted by Crippen LogP contribution is 2.41. The van der Waals surface area contributed by atoms with Crippen LogP contribution in [0.25, 0.3) is 32.7 Å². The third-order valence-electron chi connectivity index (χ3n) is 5.60. The van der Waals surface area contributed by atoms with Crippen molar-refractivity contribution in [1.82, 2.24) is 0 Å². The van der Waals surface area contributed by atoms with E-state index in [2.05, 4.69) is 68.4 Å². The van der Waals surface area contributed by atoms with Crippen molar-refractivity contribution in [2.45, 2.75) is 13.8 Å². The van der Waals surface area contributed by atoms with Crippen molar-refractivity contribution >= 4 is 44.1 Å². The number of hydrogen-bond donors (Lipinski definition) is 0. The molecule has 1 aliphatic heterocycles. The molecule has 0 atom stereocenters. The van der Waals surface area contributed by atoms with Crippen molar-refractivity contribution in [3.05, 3.63) is 89.0 Å². The lowest BCUT2D eigenvalue weighted by Gasteiger charge is -2.08. The number of benzene rings is 4. The fourth-order valence-corrected chi connectivity index (χ4v) is 4.36. The number of furan rings is 1. The fraction of sp³-hybridized carbons (Fsp3) is 0.0800. The molecule has 6 rings (SSSR count). The summed E-state index contributed by atoms with van der Waals surface area (Å²) in [4.78, 5) is 5.03. The molecule has 0 aliphatic carbocycles. The van der Waals surface area contributed by atoms with Crippen molar-refractivity contribution in [2.24, 2.45) is 4.99 Å². The van der Waals surface area contributed by atoms with E-state index >= 15 is 0 Å². The zero-order valence-electron chi connectivity index (χ0n) is 15.2. The van der Waals surface area contributed by atoms with Crippen molar-refractivity contribution < 1.29 is 4.42 Å². The summed E-state index contributed by atoms with van der Waals surface area (Å²) in [5.41, 5.74) is 8.66. The smallest absolute Gasteiger partial charge is 0.144 e. The topological polar surface area (TPSA) is 25.5 Å². The van der Waals surface area contributed by atoms with Gasteiger partial charge in [0.25, 0.3) is 0 Å². The van der Waals surface area contributed by atoms with Gasteiger partial charge in [-0.25, -0.2) is 4.99 Å². The van der Waals surface area contributed by atoms with Crippen LogP contribution in [0, 0.1) is 13.8 Å². The standard InChI is InChI=1S/C25H17NO/c1-14-12-19-17-6-3-4-9-22(17)27-25(19)20(13-14)24-18-11-10-15(2)16-7-5-8-21(26-24)23(16)18/h3-13H,1-2H3. The average Bonchev–Trinajstić information content (AvgIpc) is 3.24. The van der Waals surface area contributed by atoms with Crippen LogP contribution in [0.3, 0.4) is 0 Å². The first-order valence-corrected chi connectivity index (χ1v) is 9.24. The lowest BCUT2D eigenvalue weighted by atomic mass is 9.94. The number of para-hydroxylation sites is 1. The van der Waals surface area contributed by atoms with Gasteiger partial charge >= 0.3 is 0 Å². The molecule has 0 spiro atoms. The minimum Gasteiger partial charge on any atom is -0.455 e. The van der Waals surface area contributed by atoms with Crippen LogP contribution in [-0.4, -0.2) is 5.71 Å². The Morgan fingerprint density at radius 3 is 2.52 bits per heavy atom. The van der Waals surface area contributed by atoms with Gasteiger partial charge in [0.15, 0.2) is 0 Å². The van der Waals surface area contributed by atoms with Gasteiger partial charge in [-0.05, 0) is 54.6 Å². The molecule has 0 saturated carbocycles. The minimum atomic E-state index is 0.919. The van der Waals surface area contributed by atoms with Crippen LogP contribution in [0.4, 0.5) is 5.69 Å². The second-order valence-corrected chi connectivity index (χ2v) is 7.38. The summed E-state index contributed by atoms with van der Waals surface area (Å²) < 4.78 is 6.29. The lowest BCUT2D eigenvalue weighted by molar-refractivity contribution is 0.668. The number of fused-ring (bicyclic) bond motifs is 3. The van der Waals surface area contributed by atoms with E-state index in [-0.39, 0.29) is 0 Å². The molecule has 2 heterocycles. The molecule has 0 radical (unpaired) electrons. The summed E-state index contributed by atoms with van der Waals surface area (Å²) in [7, 11) is 0. The molecule has 1 aliphatic rings. The van der Waals surface area contributed by atoms with E-state index in [4.69, 9.17) is 9.41 Å². The predicted octanol–water partition coefficient (Wildman–Crippen LogP) is 6.84. The van der Waals surface area contributed by atoms with E-state index in [9.17, 15) is 0 Å². The second kappa shape index (κ2) is 5.08. The second-order valence-electron chi connectivity index (χ2n) is 7.38. The van der Waals surface area contributed by atoms with E-state index in [0.29, 0.717) is 0 Å². The first-order valence-electron chi connectivity index (χ1n) is 9.24. The molecule has 2 nitrogen and oxygen atoms in total. The van der Waals surface area contributed by atoms with Crippen LogP contribution in [-0.2, 0) is 0 Å². The molecular weight excluding hydrogens is 330 g/mol. The van der Waals surface area contributed by atoms with Gasteiger partial charge < -0.3 is 4.42 Å². The van der Waals surface area contributed by atoms with Gasteiger partial charge in [0, 0.05) is 27.3 Å². The Bertz CT molecular complexity index is 1440. The molecule has 4 aromatic carbocycles.